The molecule has 204 valence electrons. The summed E-state index contributed by atoms with van der Waals surface area (Å²) in [6.45, 7) is 0. The number of nitrogens with one attached hydrogen (secondary N) is 2. The predicted octanol–water partition coefficient (Wildman–Crippen LogP) is 4.96. The van der Waals surface area contributed by atoms with Crippen LogP contribution in [-0.4, -0.2) is 45.9 Å². The highest BCUT2D eigenvalue weighted by atomic mass is 35.5. The van der Waals surface area contributed by atoms with Crippen LogP contribution in [0.1, 0.15) is 0 Å². The summed E-state index contributed by atoms with van der Waals surface area (Å²) in [4.78, 5) is 17.7. The van der Waals surface area contributed by atoms with Crippen LogP contribution in [0.3, 0.4) is 0 Å². The van der Waals surface area contributed by atoms with Gasteiger partial charge in [0.15, 0.2) is 17.4 Å². The molecule has 0 atom stereocenters. The Bertz CT molecular complexity index is 1620. The summed E-state index contributed by atoms with van der Waals surface area (Å²) in [5.74, 6) is -1.84. The first-order valence-corrected chi connectivity index (χ1v) is 12.8. The maximum atomic E-state index is 15.5. The van der Waals surface area contributed by atoms with Crippen molar-refractivity contribution >= 4 is 45.0 Å². The number of aromatic nitrogens is 2. The van der Waals surface area contributed by atoms with Crippen LogP contribution in [0.25, 0.3) is 11.1 Å². The number of carbonyl (C=O) groups is 1. The second-order valence-corrected chi connectivity index (χ2v) is 9.80. The molecule has 0 unspecified atom stereocenters. The Morgan fingerprint density at radius 3 is 2.41 bits per heavy atom. The smallest absolute Gasteiger partial charge is 0.327 e. The highest BCUT2D eigenvalue weighted by Gasteiger charge is 2.26. The largest absolute Gasteiger partial charge is 0.495 e. The van der Waals surface area contributed by atoms with Crippen LogP contribution in [0.2, 0.25) is 5.02 Å². The summed E-state index contributed by atoms with van der Waals surface area (Å²) in [6, 6.07) is 7.84. The summed E-state index contributed by atoms with van der Waals surface area (Å²) in [5, 5.41) is 5.64. The first kappa shape index (κ1) is 27.6. The average molecular weight is 580 g/mol. The Morgan fingerprint density at radius 1 is 1.08 bits per heavy atom. The zero-order valence-electron chi connectivity index (χ0n) is 20.5. The van der Waals surface area contributed by atoms with E-state index in [0.29, 0.717) is 0 Å². The normalized spacial score (nSPS) is 11.1. The lowest BCUT2D eigenvalue weighted by molar-refractivity contribution is 0.250. The van der Waals surface area contributed by atoms with Crippen molar-refractivity contribution in [3.05, 3.63) is 71.6 Å². The standard InChI is InChI=1S/C24H20ClF2N5O6S/c1-28-24(33)32(22-5-4-14(12-29-22)39(34,35)31-21-6-7-38-30-21)18-11-17(26)15(10-19(18)36-2)13-8-16(25)23(27)20(9-13)37-3/h4-12H,1-3H3,(H,28,33)(H,30,31). The SMILES string of the molecule is CNC(=O)N(c1ccc(S(=O)(=O)Nc2ccon2)cn1)c1cc(F)c(-c2cc(Cl)c(F)c(OC)c2)cc1OC. The fraction of sp³-hybridized carbons (Fsp3) is 0.125. The van der Waals surface area contributed by atoms with Crippen LogP contribution >= 0.6 is 11.6 Å². The van der Waals surface area contributed by atoms with Gasteiger partial charge in [0, 0.05) is 30.9 Å². The second kappa shape index (κ2) is 11.1. The number of nitrogens with zero attached hydrogens (tertiary/aromatic N) is 3. The van der Waals surface area contributed by atoms with Crippen molar-refractivity contribution in [1.29, 1.82) is 0 Å². The van der Waals surface area contributed by atoms with E-state index in [2.05, 4.69) is 24.7 Å². The molecular formula is C24H20ClF2N5O6S. The molecule has 39 heavy (non-hydrogen) atoms. The van der Waals surface area contributed by atoms with Crippen LogP contribution < -0.4 is 24.4 Å². The number of anilines is 3. The first-order valence-electron chi connectivity index (χ1n) is 10.9. The van der Waals surface area contributed by atoms with Crippen LogP contribution in [0.15, 0.2) is 64.3 Å². The molecule has 0 saturated carbocycles. The van der Waals surface area contributed by atoms with Crippen molar-refractivity contribution in [2.45, 2.75) is 4.90 Å². The van der Waals surface area contributed by atoms with E-state index in [1.54, 1.807) is 0 Å². The molecular weight excluding hydrogens is 560 g/mol. The lowest BCUT2D eigenvalue weighted by Gasteiger charge is -2.24. The van der Waals surface area contributed by atoms with E-state index in [1.165, 1.54) is 63.9 Å². The topological polar surface area (TPSA) is 136 Å². The third-order valence-electron chi connectivity index (χ3n) is 5.39. The first-order chi connectivity index (χ1) is 18.6. The predicted molar refractivity (Wildman–Crippen MR) is 138 cm³/mol. The van der Waals surface area contributed by atoms with Gasteiger partial charge in [-0.25, -0.2) is 31.9 Å². The van der Waals surface area contributed by atoms with Crippen molar-refractivity contribution in [2.24, 2.45) is 0 Å². The van der Waals surface area contributed by atoms with Crippen LogP contribution in [0, 0.1) is 11.6 Å². The third-order valence-corrected chi connectivity index (χ3v) is 7.00. The van der Waals surface area contributed by atoms with E-state index in [4.69, 9.17) is 21.1 Å². The number of benzene rings is 2. The molecule has 2 amide bonds. The van der Waals surface area contributed by atoms with E-state index >= 15 is 4.39 Å². The Morgan fingerprint density at radius 2 is 1.82 bits per heavy atom. The molecule has 0 bridgehead atoms. The van der Waals surface area contributed by atoms with Gasteiger partial charge in [-0.2, -0.15) is 0 Å². The Balaban J connectivity index is 1.76. The molecule has 2 aromatic heterocycles. The van der Waals surface area contributed by atoms with Gasteiger partial charge in [-0.05, 0) is 35.9 Å². The highest BCUT2D eigenvalue weighted by Crippen LogP contribution is 2.40. The minimum atomic E-state index is -4.07. The molecule has 0 spiro atoms. The van der Waals surface area contributed by atoms with Gasteiger partial charge in [0.05, 0.1) is 24.9 Å². The molecule has 2 aromatic carbocycles. The van der Waals surface area contributed by atoms with Crippen molar-refractivity contribution < 1.29 is 36.0 Å². The number of urea groups is 1. The fourth-order valence-electron chi connectivity index (χ4n) is 3.54. The van der Waals surface area contributed by atoms with Crippen LogP contribution in [0.4, 0.5) is 30.9 Å². The molecule has 0 aliphatic heterocycles. The summed E-state index contributed by atoms with van der Waals surface area (Å²) < 4.78 is 72.0. The summed E-state index contributed by atoms with van der Waals surface area (Å²) in [7, 11) is -0.175. The maximum Gasteiger partial charge on any atom is 0.327 e. The molecule has 4 rings (SSSR count). The van der Waals surface area contributed by atoms with Gasteiger partial charge in [-0.3, -0.25) is 4.72 Å². The number of pyridine rings is 1. The maximum absolute atomic E-state index is 15.5. The number of amides is 2. The second-order valence-electron chi connectivity index (χ2n) is 7.71. The Labute approximate surface area is 226 Å². The highest BCUT2D eigenvalue weighted by molar-refractivity contribution is 7.92. The molecule has 4 aromatic rings. The summed E-state index contributed by atoms with van der Waals surface area (Å²) >= 11 is 5.95. The van der Waals surface area contributed by atoms with Crippen molar-refractivity contribution in [1.82, 2.24) is 15.5 Å². The van der Waals surface area contributed by atoms with E-state index in [9.17, 15) is 17.6 Å². The number of rotatable bonds is 8. The molecule has 15 heteroatoms. The molecule has 0 saturated heterocycles. The molecule has 0 aliphatic carbocycles. The lowest BCUT2D eigenvalue weighted by atomic mass is 10.0. The third kappa shape index (κ3) is 5.56. The average Bonchev–Trinajstić information content (AvgIpc) is 3.43. The van der Waals surface area contributed by atoms with E-state index < -0.39 is 27.7 Å². The van der Waals surface area contributed by atoms with Crippen molar-refractivity contribution in [2.75, 3.05) is 30.9 Å². The molecule has 0 fully saturated rings. The molecule has 0 radical (unpaired) electrons. The number of methoxy groups -OCH3 is 2. The quantitative estimate of drug-likeness (QED) is 0.299. The lowest BCUT2D eigenvalue weighted by Crippen LogP contribution is -2.35. The minimum absolute atomic E-state index is 0.0130. The van der Waals surface area contributed by atoms with Gasteiger partial charge in [0.1, 0.15) is 28.5 Å². The van der Waals surface area contributed by atoms with Gasteiger partial charge in [-0.15, -0.1) is 0 Å². The molecule has 11 nitrogen and oxygen atoms in total. The number of sulfonamides is 1. The Hall–Kier alpha value is -4.43. The molecule has 0 aliphatic rings. The summed E-state index contributed by atoms with van der Waals surface area (Å²) in [6.07, 6.45) is 2.21. The van der Waals surface area contributed by atoms with Gasteiger partial charge in [0.25, 0.3) is 10.0 Å². The number of halogens is 3. The molecule has 2 heterocycles. The zero-order chi connectivity index (χ0) is 28.3. The van der Waals surface area contributed by atoms with Gasteiger partial charge < -0.3 is 19.3 Å². The van der Waals surface area contributed by atoms with Crippen LogP contribution in [-0.2, 0) is 10.0 Å². The number of hydrogen-bond acceptors (Lipinski definition) is 8. The van der Waals surface area contributed by atoms with E-state index in [0.717, 1.165) is 17.2 Å². The number of ether oxygens (including phenoxy) is 2. The number of carbonyl (C=O) groups excluding carboxylic acids is 1. The van der Waals surface area contributed by atoms with Crippen LogP contribution in [0.5, 0.6) is 11.5 Å². The summed E-state index contributed by atoms with van der Waals surface area (Å²) in [5.41, 5.74) is 0.127. The minimum Gasteiger partial charge on any atom is -0.495 e. The fourth-order valence-corrected chi connectivity index (χ4v) is 4.69. The Kier molecular flexibility index (Phi) is 7.88. The number of hydrogen-bond donors (Lipinski definition) is 2. The van der Waals surface area contributed by atoms with Crippen molar-refractivity contribution in [3.8, 4) is 22.6 Å². The zero-order valence-corrected chi connectivity index (χ0v) is 22.1. The van der Waals surface area contributed by atoms with Gasteiger partial charge >= 0.3 is 6.03 Å². The molecule has 2 N–H and O–H groups in total. The van der Waals surface area contributed by atoms with E-state index in [-0.39, 0.29) is 49.9 Å². The van der Waals surface area contributed by atoms with Gasteiger partial charge in [0.2, 0.25) is 0 Å². The van der Waals surface area contributed by atoms with Gasteiger partial charge in [-0.1, -0.05) is 16.8 Å². The monoisotopic (exact) mass is 579 g/mol. The van der Waals surface area contributed by atoms with Crippen molar-refractivity contribution in [3.63, 3.8) is 0 Å². The van der Waals surface area contributed by atoms with E-state index in [1.807, 2.05) is 0 Å².